The van der Waals surface area contributed by atoms with Crippen LogP contribution in [0, 0.1) is 11.8 Å². The summed E-state index contributed by atoms with van der Waals surface area (Å²) in [4.78, 5) is 0. The molecule has 0 saturated heterocycles. The van der Waals surface area contributed by atoms with E-state index in [9.17, 15) is 8.42 Å². The van der Waals surface area contributed by atoms with E-state index in [1.54, 1.807) is 0 Å². The molecule has 80 valence electrons. The van der Waals surface area contributed by atoms with Crippen molar-refractivity contribution in [3.05, 3.63) is 0 Å². The minimum Gasteiger partial charge on any atom is -0.229 e. The van der Waals surface area contributed by atoms with Crippen LogP contribution in [0.2, 0.25) is 0 Å². The van der Waals surface area contributed by atoms with Crippen molar-refractivity contribution in [1.29, 1.82) is 0 Å². The smallest absolute Gasteiger partial charge is 0.209 e. The highest BCUT2D eigenvalue weighted by Crippen LogP contribution is 2.13. The first kappa shape index (κ1) is 12.9. The SMILES string of the molecule is CC(C)CCCC(C)CS(N)(=O)=O. The highest BCUT2D eigenvalue weighted by molar-refractivity contribution is 7.89. The molecule has 13 heavy (non-hydrogen) atoms. The molecule has 0 amide bonds. The van der Waals surface area contributed by atoms with Gasteiger partial charge in [0.2, 0.25) is 10.0 Å². The third-order valence-electron chi connectivity index (χ3n) is 2.00. The second kappa shape index (κ2) is 5.60. The van der Waals surface area contributed by atoms with Crippen molar-refractivity contribution in [2.75, 3.05) is 5.75 Å². The van der Waals surface area contributed by atoms with Gasteiger partial charge in [0.05, 0.1) is 5.75 Å². The average Bonchev–Trinajstić information content (AvgIpc) is 1.81. The second-order valence-corrected chi connectivity index (χ2v) is 5.92. The van der Waals surface area contributed by atoms with E-state index in [4.69, 9.17) is 5.14 Å². The van der Waals surface area contributed by atoms with E-state index in [1.165, 1.54) is 0 Å². The minimum absolute atomic E-state index is 0.116. The van der Waals surface area contributed by atoms with E-state index in [2.05, 4.69) is 13.8 Å². The highest BCUT2D eigenvalue weighted by atomic mass is 32.2. The lowest BCUT2D eigenvalue weighted by molar-refractivity contribution is 0.477. The number of hydrogen-bond donors (Lipinski definition) is 1. The van der Waals surface area contributed by atoms with Gasteiger partial charge in [0.15, 0.2) is 0 Å². The maximum absolute atomic E-state index is 10.7. The van der Waals surface area contributed by atoms with Crippen molar-refractivity contribution in [3.63, 3.8) is 0 Å². The lowest BCUT2D eigenvalue weighted by Gasteiger charge is -2.10. The number of hydrogen-bond acceptors (Lipinski definition) is 2. The minimum atomic E-state index is -3.27. The molecule has 1 atom stereocenters. The van der Waals surface area contributed by atoms with E-state index < -0.39 is 10.0 Å². The summed E-state index contributed by atoms with van der Waals surface area (Å²) < 4.78 is 21.4. The van der Waals surface area contributed by atoms with Gasteiger partial charge in [0.1, 0.15) is 0 Å². The van der Waals surface area contributed by atoms with E-state index in [-0.39, 0.29) is 11.7 Å². The summed E-state index contributed by atoms with van der Waals surface area (Å²) in [5, 5.41) is 4.94. The molecule has 0 rings (SSSR count). The lowest BCUT2D eigenvalue weighted by atomic mass is 10.0. The van der Waals surface area contributed by atoms with Crippen LogP contribution in [0.25, 0.3) is 0 Å². The molecule has 0 aliphatic rings. The summed E-state index contributed by atoms with van der Waals surface area (Å²) in [6, 6.07) is 0. The first-order valence-corrected chi connectivity index (χ1v) is 6.53. The average molecular weight is 207 g/mol. The largest absolute Gasteiger partial charge is 0.229 e. The van der Waals surface area contributed by atoms with Gasteiger partial charge in [-0.15, -0.1) is 0 Å². The third kappa shape index (κ3) is 9.83. The zero-order chi connectivity index (χ0) is 10.5. The van der Waals surface area contributed by atoms with Crippen LogP contribution in [-0.4, -0.2) is 14.2 Å². The predicted octanol–water partition coefficient (Wildman–Crippen LogP) is 1.74. The van der Waals surface area contributed by atoms with Gasteiger partial charge in [-0.3, -0.25) is 0 Å². The quantitative estimate of drug-likeness (QED) is 0.721. The van der Waals surface area contributed by atoms with Crippen molar-refractivity contribution >= 4 is 10.0 Å². The van der Waals surface area contributed by atoms with E-state index in [1.807, 2.05) is 6.92 Å². The van der Waals surface area contributed by atoms with Gasteiger partial charge in [-0.2, -0.15) is 0 Å². The Balaban J connectivity index is 3.58. The Kier molecular flexibility index (Phi) is 5.56. The van der Waals surface area contributed by atoms with Crippen LogP contribution in [0.3, 0.4) is 0 Å². The van der Waals surface area contributed by atoms with Crippen molar-refractivity contribution in [3.8, 4) is 0 Å². The molecule has 0 fully saturated rings. The highest BCUT2D eigenvalue weighted by Gasteiger charge is 2.10. The Morgan fingerprint density at radius 2 is 1.69 bits per heavy atom. The monoisotopic (exact) mass is 207 g/mol. The molecule has 0 aliphatic heterocycles. The van der Waals surface area contributed by atoms with Crippen LogP contribution in [-0.2, 0) is 10.0 Å². The lowest BCUT2D eigenvalue weighted by Crippen LogP contribution is -2.21. The van der Waals surface area contributed by atoms with Crippen LogP contribution >= 0.6 is 0 Å². The van der Waals surface area contributed by atoms with Crippen LogP contribution < -0.4 is 5.14 Å². The Morgan fingerprint density at radius 3 is 2.08 bits per heavy atom. The van der Waals surface area contributed by atoms with Gasteiger partial charge in [0.25, 0.3) is 0 Å². The Bertz CT molecular complexity index is 222. The zero-order valence-electron chi connectivity index (χ0n) is 8.79. The molecule has 0 spiro atoms. The molecule has 1 unspecified atom stereocenters. The Hall–Kier alpha value is -0.0900. The summed E-state index contributed by atoms with van der Waals surface area (Å²) in [5.41, 5.74) is 0. The van der Waals surface area contributed by atoms with Gasteiger partial charge < -0.3 is 0 Å². The number of primary sulfonamides is 1. The van der Waals surface area contributed by atoms with Crippen LogP contribution in [0.5, 0.6) is 0 Å². The molecule has 0 radical (unpaired) electrons. The molecule has 0 heterocycles. The molecule has 0 saturated carbocycles. The maximum Gasteiger partial charge on any atom is 0.209 e. The molecule has 4 heteroatoms. The molecular weight excluding hydrogens is 186 g/mol. The summed E-state index contributed by atoms with van der Waals surface area (Å²) in [6.45, 7) is 6.28. The molecule has 0 aromatic rings. The Labute approximate surface area is 81.8 Å². The van der Waals surface area contributed by atoms with Gasteiger partial charge in [-0.1, -0.05) is 33.6 Å². The van der Waals surface area contributed by atoms with Gasteiger partial charge in [0, 0.05) is 0 Å². The summed E-state index contributed by atoms with van der Waals surface area (Å²) >= 11 is 0. The van der Waals surface area contributed by atoms with Crippen molar-refractivity contribution in [2.24, 2.45) is 17.0 Å². The summed E-state index contributed by atoms with van der Waals surface area (Å²) in [5.74, 6) is 1.00. The van der Waals surface area contributed by atoms with Crippen LogP contribution in [0.4, 0.5) is 0 Å². The first-order chi connectivity index (χ1) is 5.81. The van der Waals surface area contributed by atoms with E-state index >= 15 is 0 Å². The topological polar surface area (TPSA) is 60.2 Å². The molecule has 0 aliphatic carbocycles. The fourth-order valence-corrected chi connectivity index (χ4v) is 2.31. The van der Waals surface area contributed by atoms with Crippen molar-refractivity contribution < 1.29 is 8.42 Å². The maximum atomic E-state index is 10.7. The van der Waals surface area contributed by atoms with Gasteiger partial charge >= 0.3 is 0 Å². The number of sulfonamides is 1. The predicted molar refractivity (Wildman–Crippen MR) is 55.8 cm³/mol. The van der Waals surface area contributed by atoms with Gasteiger partial charge in [-0.05, 0) is 18.3 Å². The number of nitrogens with two attached hydrogens (primary N) is 1. The summed E-state index contributed by atoms with van der Waals surface area (Å²) in [6.07, 6.45) is 3.21. The summed E-state index contributed by atoms with van der Waals surface area (Å²) in [7, 11) is -3.27. The normalized spacial score (nSPS) is 14.8. The molecule has 0 aromatic carbocycles. The number of rotatable bonds is 6. The van der Waals surface area contributed by atoms with Crippen LogP contribution in [0.1, 0.15) is 40.0 Å². The zero-order valence-corrected chi connectivity index (χ0v) is 9.60. The third-order valence-corrected chi connectivity index (χ3v) is 3.03. The van der Waals surface area contributed by atoms with Crippen molar-refractivity contribution in [2.45, 2.75) is 40.0 Å². The standard InChI is InChI=1S/C9H21NO2S/c1-8(2)5-4-6-9(3)7-13(10,11)12/h8-9H,4-7H2,1-3H3,(H2,10,11,12). The Morgan fingerprint density at radius 1 is 1.15 bits per heavy atom. The van der Waals surface area contributed by atoms with E-state index in [0.717, 1.165) is 19.3 Å². The van der Waals surface area contributed by atoms with Crippen LogP contribution in [0.15, 0.2) is 0 Å². The molecule has 2 N–H and O–H groups in total. The molecule has 0 aromatic heterocycles. The first-order valence-electron chi connectivity index (χ1n) is 4.81. The molecule has 3 nitrogen and oxygen atoms in total. The fraction of sp³-hybridized carbons (Fsp3) is 1.00. The molecule has 0 bridgehead atoms. The van der Waals surface area contributed by atoms with Gasteiger partial charge in [-0.25, -0.2) is 13.6 Å². The fourth-order valence-electron chi connectivity index (χ4n) is 1.35. The second-order valence-electron chi connectivity index (χ2n) is 4.26. The molecular formula is C9H21NO2S. The van der Waals surface area contributed by atoms with Crippen molar-refractivity contribution in [1.82, 2.24) is 0 Å². The van der Waals surface area contributed by atoms with E-state index in [0.29, 0.717) is 5.92 Å².